The zero-order valence-electron chi connectivity index (χ0n) is 18.1. The Kier molecular flexibility index (Phi) is 5.68. The van der Waals surface area contributed by atoms with E-state index in [-0.39, 0.29) is 15.9 Å². The lowest BCUT2D eigenvalue weighted by Crippen LogP contribution is -2.18. The van der Waals surface area contributed by atoms with Crippen LogP contribution in [-0.2, 0) is 16.6 Å². The number of aryl methyl sites for hydroxylation is 1. The Morgan fingerprint density at radius 3 is 2.65 bits per heavy atom. The summed E-state index contributed by atoms with van der Waals surface area (Å²) in [6.45, 7) is 2.54. The third kappa shape index (κ3) is 4.33. The van der Waals surface area contributed by atoms with E-state index in [0.29, 0.717) is 23.5 Å². The lowest BCUT2D eigenvalue weighted by molar-refractivity contribution is 0.101. The van der Waals surface area contributed by atoms with Crippen LogP contribution in [0.15, 0.2) is 87.8 Å². The average Bonchev–Trinajstić information content (AvgIpc) is 3.55. The van der Waals surface area contributed by atoms with Gasteiger partial charge in [0.1, 0.15) is 5.69 Å². The Morgan fingerprint density at radius 2 is 1.91 bits per heavy atom. The molecule has 5 rings (SSSR count). The molecule has 0 saturated heterocycles. The minimum Gasteiger partial charge on any atom is -0.463 e. The maximum absolute atomic E-state index is 13.2. The van der Waals surface area contributed by atoms with Crippen molar-refractivity contribution in [3.63, 3.8) is 0 Å². The number of fused-ring (bicyclic) bond motifs is 1. The van der Waals surface area contributed by atoms with Gasteiger partial charge in [0, 0.05) is 35.9 Å². The number of rotatable bonds is 7. The first kappa shape index (κ1) is 21.9. The molecule has 0 bridgehead atoms. The number of hydrogen-bond acceptors (Lipinski definition) is 6. The first-order chi connectivity index (χ1) is 16.4. The molecule has 0 saturated carbocycles. The molecule has 1 amide bonds. The fraction of sp³-hybridized carbons (Fsp3) is 0.0833. The number of anilines is 2. The normalized spacial score (nSPS) is 11.6. The third-order valence-electron chi connectivity index (χ3n) is 5.42. The fourth-order valence-corrected chi connectivity index (χ4v) is 5.44. The Bertz CT molecular complexity index is 1570. The van der Waals surface area contributed by atoms with E-state index in [1.165, 1.54) is 29.7 Å². The van der Waals surface area contributed by atoms with Crippen LogP contribution in [0.1, 0.15) is 21.6 Å². The molecule has 0 radical (unpaired) electrons. The Labute approximate surface area is 199 Å². The number of carbonyl (C=O) groups excluding carboxylic acids is 1. The van der Waals surface area contributed by atoms with Crippen LogP contribution in [0.25, 0.3) is 11.1 Å². The van der Waals surface area contributed by atoms with Crippen molar-refractivity contribution >= 4 is 49.2 Å². The second-order valence-electron chi connectivity index (χ2n) is 7.63. The van der Waals surface area contributed by atoms with Gasteiger partial charge in [-0.2, -0.15) is 0 Å². The van der Waals surface area contributed by atoms with Crippen LogP contribution < -0.4 is 10.0 Å². The number of nitrogens with zero attached hydrogens (tertiary/aromatic N) is 2. The highest BCUT2D eigenvalue weighted by molar-refractivity contribution is 7.93. The topological polar surface area (TPSA) is 106 Å². The lowest BCUT2D eigenvalue weighted by atomic mass is 10.1. The highest BCUT2D eigenvalue weighted by Gasteiger charge is 2.19. The Balaban J connectivity index is 1.38. The van der Waals surface area contributed by atoms with Gasteiger partial charge in [-0.3, -0.25) is 9.52 Å². The fourth-order valence-electron chi connectivity index (χ4n) is 3.65. The van der Waals surface area contributed by atoms with Crippen LogP contribution in [-0.4, -0.2) is 23.9 Å². The zero-order valence-corrected chi connectivity index (χ0v) is 19.7. The first-order valence-corrected chi connectivity index (χ1v) is 12.7. The number of sulfonamides is 1. The summed E-state index contributed by atoms with van der Waals surface area (Å²) in [5.41, 5.74) is 4.58. The molecule has 0 aliphatic heterocycles. The molecule has 34 heavy (non-hydrogen) atoms. The van der Waals surface area contributed by atoms with Crippen molar-refractivity contribution in [2.45, 2.75) is 18.4 Å². The molecule has 0 fully saturated rings. The summed E-state index contributed by atoms with van der Waals surface area (Å²) in [4.78, 5) is 17.2. The summed E-state index contributed by atoms with van der Waals surface area (Å²) >= 11 is 1.19. The highest BCUT2D eigenvalue weighted by atomic mass is 32.2. The summed E-state index contributed by atoms with van der Waals surface area (Å²) in [6, 6.07) is 17.5. The SMILES string of the molecule is Cc1ccccc1Cn1c(C(=O)Nc2ccc(S(=O)(=O)Nc3nccs3)cc2)cc2occc21. The van der Waals surface area contributed by atoms with Crippen molar-refractivity contribution in [2.75, 3.05) is 10.0 Å². The quantitative estimate of drug-likeness (QED) is 0.329. The lowest BCUT2D eigenvalue weighted by Gasteiger charge is -2.13. The maximum atomic E-state index is 13.2. The van der Waals surface area contributed by atoms with Crippen LogP contribution in [0, 0.1) is 6.92 Å². The molecule has 2 N–H and O–H groups in total. The maximum Gasteiger partial charge on any atom is 0.272 e. The van der Waals surface area contributed by atoms with E-state index in [4.69, 9.17) is 4.42 Å². The van der Waals surface area contributed by atoms with Gasteiger partial charge in [-0.1, -0.05) is 24.3 Å². The molecule has 5 aromatic rings. The van der Waals surface area contributed by atoms with Gasteiger partial charge < -0.3 is 14.3 Å². The molecular weight excluding hydrogens is 472 g/mol. The smallest absolute Gasteiger partial charge is 0.272 e. The van der Waals surface area contributed by atoms with Crippen LogP contribution in [0.3, 0.4) is 0 Å². The predicted molar refractivity (Wildman–Crippen MR) is 132 cm³/mol. The number of carbonyl (C=O) groups is 1. The van der Waals surface area contributed by atoms with Crippen molar-refractivity contribution in [3.05, 3.63) is 95.3 Å². The summed E-state index contributed by atoms with van der Waals surface area (Å²) in [7, 11) is -3.77. The number of furan rings is 1. The minimum absolute atomic E-state index is 0.0705. The van der Waals surface area contributed by atoms with Gasteiger partial charge in [0.25, 0.3) is 15.9 Å². The molecule has 0 spiro atoms. The van der Waals surface area contributed by atoms with E-state index >= 15 is 0 Å². The second-order valence-corrected chi connectivity index (χ2v) is 10.2. The largest absolute Gasteiger partial charge is 0.463 e. The molecule has 0 aliphatic carbocycles. The van der Waals surface area contributed by atoms with Gasteiger partial charge in [0.2, 0.25) is 0 Å². The van der Waals surface area contributed by atoms with E-state index in [1.54, 1.807) is 29.8 Å². The molecule has 3 heterocycles. The van der Waals surface area contributed by atoms with Gasteiger partial charge in [-0.15, -0.1) is 11.3 Å². The van der Waals surface area contributed by atoms with E-state index in [0.717, 1.165) is 16.6 Å². The minimum atomic E-state index is -3.77. The zero-order chi connectivity index (χ0) is 23.7. The summed E-state index contributed by atoms with van der Waals surface area (Å²) in [5.74, 6) is -0.323. The standard InChI is InChI=1S/C24H20N4O4S2/c1-16-4-2-3-5-17(16)15-28-20-10-12-32-22(20)14-21(28)23(29)26-18-6-8-19(9-7-18)34(30,31)27-24-25-11-13-33-24/h2-14H,15H2,1H3,(H,25,27)(H,26,29). The molecule has 0 atom stereocenters. The van der Waals surface area contributed by atoms with E-state index in [2.05, 4.69) is 15.0 Å². The van der Waals surface area contributed by atoms with Crippen molar-refractivity contribution in [1.29, 1.82) is 0 Å². The number of benzene rings is 2. The molecule has 3 aromatic heterocycles. The summed E-state index contributed by atoms with van der Waals surface area (Å²) in [6.07, 6.45) is 3.12. The van der Waals surface area contributed by atoms with Crippen LogP contribution in [0.5, 0.6) is 0 Å². The number of nitrogens with one attached hydrogen (secondary N) is 2. The van der Waals surface area contributed by atoms with Crippen LogP contribution in [0.2, 0.25) is 0 Å². The molecule has 0 unspecified atom stereocenters. The third-order valence-corrected chi connectivity index (χ3v) is 7.59. The van der Waals surface area contributed by atoms with E-state index < -0.39 is 10.0 Å². The summed E-state index contributed by atoms with van der Waals surface area (Å²) in [5, 5.41) is 4.82. The van der Waals surface area contributed by atoms with Crippen LogP contribution >= 0.6 is 11.3 Å². The molecule has 0 aliphatic rings. The van der Waals surface area contributed by atoms with Crippen molar-refractivity contribution in [2.24, 2.45) is 0 Å². The van der Waals surface area contributed by atoms with Crippen molar-refractivity contribution < 1.29 is 17.6 Å². The number of amides is 1. The molecule has 8 nitrogen and oxygen atoms in total. The van der Waals surface area contributed by atoms with Gasteiger partial charge in [-0.05, 0) is 42.3 Å². The number of hydrogen-bond donors (Lipinski definition) is 2. The van der Waals surface area contributed by atoms with Crippen LogP contribution in [0.4, 0.5) is 10.8 Å². The number of aromatic nitrogens is 2. The van der Waals surface area contributed by atoms with Gasteiger partial charge in [-0.25, -0.2) is 13.4 Å². The predicted octanol–water partition coefficient (Wildman–Crippen LogP) is 5.10. The Hall–Kier alpha value is -3.89. The number of thiazole rings is 1. The van der Waals surface area contributed by atoms with Gasteiger partial charge >= 0.3 is 0 Å². The second kappa shape index (κ2) is 8.81. The molecule has 2 aromatic carbocycles. The van der Waals surface area contributed by atoms with Crippen molar-refractivity contribution in [3.8, 4) is 0 Å². The molecular formula is C24H20N4O4S2. The summed E-state index contributed by atoms with van der Waals surface area (Å²) < 4.78 is 34.9. The van der Waals surface area contributed by atoms with Gasteiger partial charge in [0.05, 0.1) is 16.7 Å². The average molecular weight is 493 g/mol. The van der Waals surface area contributed by atoms with E-state index in [1.807, 2.05) is 41.8 Å². The first-order valence-electron chi connectivity index (χ1n) is 10.4. The van der Waals surface area contributed by atoms with Crippen molar-refractivity contribution in [1.82, 2.24) is 9.55 Å². The highest BCUT2D eigenvalue weighted by Crippen LogP contribution is 2.25. The van der Waals surface area contributed by atoms with Gasteiger partial charge in [0.15, 0.2) is 10.7 Å². The molecule has 10 heteroatoms. The molecule has 172 valence electrons. The van der Waals surface area contributed by atoms with E-state index in [9.17, 15) is 13.2 Å². The monoisotopic (exact) mass is 492 g/mol. The Morgan fingerprint density at radius 1 is 1.12 bits per heavy atom.